The molecule has 0 bridgehead atoms. The number of carbonyl (C=O) groups excluding carboxylic acids is 1. The third-order valence-corrected chi connectivity index (χ3v) is 42.9. The molecule has 0 aliphatic carbocycles. The average molecular weight is 1690 g/mol. The normalized spacial score (nSPS) is 17.1. The Balaban J connectivity index is 0.984. The third-order valence-electron chi connectivity index (χ3n) is 23.0. The molecule has 0 fully saturated rings. The van der Waals surface area contributed by atoms with Gasteiger partial charge in [0.25, 0.3) is 0 Å². The first-order valence-corrected chi connectivity index (χ1v) is 53.4. The van der Waals surface area contributed by atoms with E-state index in [0.717, 1.165) is 56.6 Å². The Morgan fingerprint density at radius 2 is 0.759 bits per heavy atom. The molecule has 2 aromatic heterocycles. The summed E-state index contributed by atoms with van der Waals surface area (Å²) in [4.78, 5) is 36.6. The van der Waals surface area contributed by atoms with Crippen LogP contribution in [0.1, 0.15) is 132 Å². The van der Waals surface area contributed by atoms with Gasteiger partial charge in [0.2, 0.25) is 34.8 Å². The van der Waals surface area contributed by atoms with Crippen LogP contribution in [-0.2, 0) is 53.5 Å². The standard InChI is InChI=1S/C74H93F5N10O16S4Si3/c1-6-7-38-88(40-19-23-46-106(91,92)93,41-20-24-47-107(94,95)96)44-27-50-110(2,3)104-112(105-111(4,5)51-28-45-89(42-21-25-48-108(97,98)99,43-22-26-49-109(100,101)102)39-18-8-9-37-60(90)103-66-64(78)62(76)61(75)63(77)65(66)79)84-67-52-29-10-11-30-53(52)68(84)81-70-56-33-14-15-34-57(56)72(86(70)112)83-74-59-36-17-16-35-58(59)73(87(74)112)82-71-55-32-13-12-31-54(55)69(80-67)85(71)112/h10-17,29-36H,6-9,18-28,37-51H2,1-5H3,(H2-2,91,92,93,94,95,96,97,98,99,100,101,102)/p+2. The molecule has 5 aromatic carbocycles. The van der Waals surface area contributed by atoms with E-state index in [1.165, 1.54) is 0 Å². The number of rotatable bonds is 42. The molecule has 0 atom stereocenters. The average Bonchev–Trinajstić information content (AvgIpc) is 1.30. The predicted octanol–water partition coefficient (Wildman–Crippen LogP) is 11.5. The Morgan fingerprint density at radius 3 is 1.13 bits per heavy atom. The van der Waals surface area contributed by atoms with Gasteiger partial charge in [-0.25, -0.2) is 13.2 Å². The molecule has 0 radical (unpaired) electrons. The minimum atomic E-state index is -7.43. The zero-order valence-corrected chi connectivity index (χ0v) is 69.4. The van der Waals surface area contributed by atoms with Gasteiger partial charge in [-0.2, -0.15) is 8.78 Å². The number of unbranched alkanes of at least 4 members (excludes halogenated alkanes) is 7. The maximum absolute atomic E-state index is 14.7. The zero-order chi connectivity index (χ0) is 80.5. The Bertz CT molecular complexity index is 5500. The first-order chi connectivity index (χ1) is 52.8. The van der Waals surface area contributed by atoms with Crippen molar-refractivity contribution in [2.75, 3.05) is 75.4 Å². The molecule has 0 saturated heterocycles. The van der Waals surface area contributed by atoms with Crippen LogP contribution in [0.15, 0.2) is 117 Å². The SMILES string of the molecule is CCCC[N+](CCCCS(=O)(=O)O)(CCCCS(=O)(=O)O)CCC[Si](C)(C)O[Si-2]123(O[Si](C)(C)CCC[N+](CCCCCC(=O)Oc4c(F)c(F)c(F)c(F)c4F)(CCCCS(=O)(=O)O)CCCCS(=O)(=O)O)n4c5c6ccccc6c4N=C4c6ccccc6C(=[N+]41)N=c1c4ccccc4c(n12)=NC1=[N+]3C(=N5)c2ccccc21. The number of aliphatic imine (C=N–C) groups is 2. The van der Waals surface area contributed by atoms with Crippen molar-refractivity contribution < 1.29 is 109 Å². The van der Waals surface area contributed by atoms with E-state index in [1.54, 1.807) is 0 Å². The van der Waals surface area contributed by atoms with Gasteiger partial charge >= 0.3 is 587 Å². The molecule has 38 heteroatoms. The molecule has 606 valence electrons. The van der Waals surface area contributed by atoms with Crippen LogP contribution in [0, 0.1) is 29.1 Å². The summed E-state index contributed by atoms with van der Waals surface area (Å²) in [5.74, 6) is -13.7. The Hall–Kier alpha value is -7.29. The second-order valence-corrected chi connectivity index (χ2v) is 52.5. The quantitative estimate of drug-likeness (QED) is 0.00318. The van der Waals surface area contributed by atoms with Gasteiger partial charge in [0.15, 0.2) is 0 Å². The van der Waals surface area contributed by atoms with E-state index in [4.69, 9.17) is 24.7 Å². The summed E-state index contributed by atoms with van der Waals surface area (Å²) in [6.45, 7) is 14.2. The van der Waals surface area contributed by atoms with Gasteiger partial charge in [-0.3, -0.25) is 4.79 Å². The summed E-state index contributed by atoms with van der Waals surface area (Å²) in [6.07, 6.45) is 4.36. The van der Waals surface area contributed by atoms with Crippen molar-refractivity contribution in [2.24, 2.45) is 20.0 Å². The summed E-state index contributed by atoms with van der Waals surface area (Å²) in [6, 6.07) is 32.6. The molecule has 7 aromatic rings. The second-order valence-electron chi connectivity index (χ2n) is 31.9. The molecule has 4 N–H and O–H groups in total. The Kier molecular flexibility index (Phi) is 22.4. The summed E-state index contributed by atoms with van der Waals surface area (Å²) in [5.41, 5.74) is 3.93. The minimum absolute atomic E-state index is 0.0186. The van der Waals surface area contributed by atoms with E-state index in [-0.39, 0.29) is 68.9 Å². The molecule has 0 amide bonds. The van der Waals surface area contributed by atoms with E-state index in [9.17, 15) is 86.9 Å². The van der Waals surface area contributed by atoms with Crippen molar-refractivity contribution in [3.63, 3.8) is 0 Å². The van der Waals surface area contributed by atoms with Crippen LogP contribution < -0.4 is 15.7 Å². The van der Waals surface area contributed by atoms with E-state index in [0.29, 0.717) is 134 Å². The Labute approximate surface area is 649 Å². The van der Waals surface area contributed by atoms with Gasteiger partial charge in [0, 0.05) is 0 Å². The fourth-order valence-corrected chi connectivity index (χ4v) is 43.0. The molecule has 8 heterocycles. The van der Waals surface area contributed by atoms with Crippen molar-refractivity contribution in [1.29, 1.82) is 0 Å². The summed E-state index contributed by atoms with van der Waals surface area (Å²) >= 11 is 0. The van der Waals surface area contributed by atoms with E-state index < -0.39 is 135 Å². The molecule has 13 rings (SSSR count). The number of ether oxygens (including phenoxy) is 1. The molecule has 26 nitrogen and oxygen atoms in total. The van der Waals surface area contributed by atoms with Crippen LogP contribution in [0.25, 0.3) is 21.5 Å². The molecular weight excluding hydrogens is 1590 g/mol. The number of fused-ring (bicyclic) bond motifs is 12. The number of carbonyl (C=O) groups is 1. The van der Waals surface area contributed by atoms with Crippen molar-refractivity contribution in [2.45, 2.75) is 148 Å². The monoisotopic (exact) mass is 1690 g/mol. The molecular formula is C74H95F5N10O16S4Si3+2. The number of amidine groups is 4. The van der Waals surface area contributed by atoms with Gasteiger partial charge in [0.1, 0.15) is 0 Å². The molecule has 6 aliphatic rings. The topological polar surface area (TPSA) is 328 Å². The molecule has 0 unspecified atom stereocenters. The van der Waals surface area contributed by atoms with Gasteiger partial charge < -0.3 is 4.74 Å². The first kappa shape index (κ1) is 82.7. The van der Waals surface area contributed by atoms with Gasteiger partial charge in [-0.1, -0.05) is 0 Å². The van der Waals surface area contributed by atoms with Crippen LogP contribution in [0.2, 0.25) is 38.3 Å². The predicted molar refractivity (Wildman–Crippen MR) is 420 cm³/mol. The van der Waals surface area contributed by atoms with Crippen molar-refractivity contribution in [3.8, 4) is 5.75 Å². The molecule has 6 aliphatic heterocycles. The maximum atomic E-state index is 14.7. The van der Waals surface area contributed by atoms with E-state index in [1.807, 2.05) is 97.1 Å². The number of esters is 1. The Morgan fingerprint density at radius 1 is 0.429 bits per heavy atom. The van der Waals surface area contributed by atoms with Crippen LogP contribution in [0.3, 0.4) is 0 Å². The fourth-order valence-electron chi connectivity index (χ4n) is 18.4. The van der Waals surface area contributed by atoms with Crippen LogP contribution in [0.5, 0.6) is 5.75 Å². The first-order valence-electron chi connectivity index (χ1n) is 38.2. The van der Waals surface area contributed by atoms with E-state index in [2.05, 4.69) is 50.1 Å². The van der Waals surface area contributed by atoms with Crippen molar-refractivity contribution in [3.05, 3.63) is 159 Å². The number of nitrogens with zero attached hydrogens (tertiary/aromatic N) is 10. The summed E-state index contributed by atoms with van der Waals surface area (Å²) in [5, 5.41) is 2.95. The number of aromatic nitrogens is 2. The fraction of sp³-hybridized carbons (Fsp3) is 0.473. The number of hydrogen-bond donors (Lipinski definition) is 4. The summed E-state index contributed by atoms with van der Waals surface area (Å²) < 4.78 is 243. The van der Waals surface area contributed by atoms with Crippen molar-refractivity contribution >= 4 is 127 Å². The number of quaternary nitrogens is 2. The third kappa shape index (κ3) is 14.9. The molecule has 0 saturated carbocycles. The summed E-state index contributed by atoms with van der Waals surface area (Å²) in [7, 11) is -32.4. The van der Waals surface area contributed by atoms with Crippen LogP contribution in [-0.4, -0.2) is 207 Å². The van der Waals surface area contributed by atoms with Gasteiger partial charge in [-0.15, -0.1) is 0 Å². The van der Waals surface area contributed by atoms with Crippen molar-refractivity contribution in [1.82, 2.24) is 8.47 Å². The molecule has 1 spiro atoms. The number of halogens is 5. The van der Waals surface area contributed by atoms with Crippen LogP contribution >= 0.6 is 0 Å². The molecule has 112 heavy (non-hydrogen) atoms. The zero-order valence-electron chi connectivity index (χ0n) is 63.1. The van der Waals surface area contributed by atoms with Gasteiger partial charge in [0.05, 0.1) is 0 Å². The number of benzene rings is 5. The van der Waals surface area contributed by atoms with E-state index >= 15 is 0 Å². The van der Waals surface area contributed by atoms with Gasteiger partial charge in [-0.05, 0) is 0 Å². The van der Waals surface area contributed by atoms with Crippen LogP contribution in [0.4, 0.5) is 33.6 Å². The number of hydrogen-bond acceptors (Lipinski definition) is 16. The second kappa shape index (κ2) is 30.4.